The van der Waals surface area contributed by atoms with Crippen molar-refractivity contribution in [1.29, 1.82) is 0 Å². The van der Waals surface area contributed by atoms with Crippen LogP contribution in [0.25, 0.3) is 10.9 Å². The zero-order chi connectivity index (χ0) is 14.2. The van der Waals surface area contributed by atoms with Gasteiger partial charge in [0.25, 0.3) is 0 Å². The van der Waals surface area contributed by atoms with Gasteiger partial charge in [0.2, 0.25) is 0 Å². The van der Waals surface area contributed by atoms with Crippen molar-refractivity contribution < 1.29 is 5.21 Å². The van der Waals surface area contributed by atoms with Crippen LogP contribution in [0.2, 0.25) is 0 Å². The van der Waals surface area contributed by atoms with Crippen LogP contribution in [0.4, 0.5) is 0 Å². The number of rotatable bonds is 3. The molecule has 1 aromatic carbocycles. The highest BCUT2D eigenvalue weighted by molar-refractivity contribution is 7.80. The molecule has 0 spiro atoms. The van der Waals surface area contributed by atoms with Crippen LogP contribution in [0.5, 0.6) is 0 Å². The van der Waals surface area contributed by atoms with E-state index in [2.05, 4.69) is 50.6 Å². The van der Waals surface area contributed by atoms with E-state index >= 15 is 0 Å². The molecule has 0 aliphatic carbocycles. The molecule has 0 aliphatic heterocycles. The van der Waals surface area contributed by atoms with Crippen molar-refractivity contribution in [3.05, 3.63) is 35.5 Å². The Morgan fingerprint density at radius 1 is 1.26 bits per heavy atom. The Hall–Kier alpha value is -1.39. The van der Waals surface area contributed by atoms with E-state index in [0.717, 1.165) is 5.56 Å². The van der Waals surface area contributed by atoms with Gasteiger partial charge in [-0.2, -0.15) is 0 Å². The SMILES string of the molecule is CC(C)c1cn(C(C)C)c2ccc(C(=S)NO)cc12. The fourth-order valence-electron chi connectivity index (χ4n) is 2.37. The minimum atomic E-state index is 0.355. The molecular weight excluding hydrogens is 256 g/mol. The monoisotopic (exact) mass is 276 g/mol. The lowest BCUT2D eigenvalue weighted by Gasteiger charge is -2.09. The van der Waals surface area contributed by atoms with E-state index in [1.54, 1.807) is 0 Å². The molecule has 0 aliphatic rings. The summed E-state index contributed by atoms with van der Waals surface area (Å²) in [7, 11) is 0. The topological polar surface area (TPSA) is 37.2 Å². The van der Waals surface area contributed by atoms with Crippen LogP contribution in [-0.4, -0.2) is 14.8 Å². The third kappa shape index (κ3) is 2.51. The molecule has 0 radical (unpaired) electrons. The second-order valence-electron chi connectivity index (χ2n) is 5.41. The van der Waals surface area contributed by atoms with Gasteiger partial charge < -0.3 is 4.57 Å². The van der Waals surface area contributed by atoms with Gasteiger partial charge in [-0.1, -0.05) is 26.1 Å². The van der Waals surface area contributed by atoms with E-state index in [9.17, 15) is 0 Å². The maximum absolute atomic E-state index is 8.94. The van der Waals surface area contributed by atoms with Crippen LogP contribution in [0.1, 0.15) is 50.8 Å². The normalized spacial score (nSPS) is 11.5. The molecular formula is C15H20N2OS. The summed E-state index contributed by atoms with van der Waals surface area (Å²) in [5.74, 6) is 0.452. The van der Waals surface area contributed by atoms with E-state index in [0.29, 0.717) is 16.9 Å². The summed E-state index contributed by atoms with van der Waals surface area (Å²) in [5.41, 5.74) is 5.41. The van der Waals surface area contributed by atoms with Crippen LogP contribution < -0.4 is 5.48 Å². The molecule has 0 unspecified atom stereocenters. The molecule has 1 heterocycles. The predicted octanol–water partition coefficient (Wildman–Crippen LogP) is 4.00. The van der Waals surface area contributed by atoms with Gasteiger partial charge in [0.1, 0.15) is 4.99 Å². The number of benzene rings is 1. The van der Waals surface area contributed by atoms with Gasteiger partial charge in [0.15, 0.2) is 0 Å². The Morgan fingerprint density at radius 2 is 1.95 bits per heavy atom. The number of aromatic nitrogens is 1. The highest BCUT2D eigenvalue weighted by Gasteiger charge is 2.14. The van der Waals surface area contributed by atoms with Crippen LogP contribution in [0.3, 0.4) is 0 Å². The van der Waals surface area contributed by atoms with E-state index < -0.39 is 0 Å². The molecule has 102 valence electrons. The quantitative estimate of drug-likeness (QED) is 0.657. The van der Waals surface area contributed by atoms with Crippen molar-refractivity contribution in [3.63, 3.8) is 0 Å². The number of nitrogens with zero attached hydrogens (tertiary/aromatic N) is 1. The summed E-state index contributed by atoms with van der Waals surface area (Å²) >= 11 is 5.08. The van der Waals surface area contributed by atoms with Crippen molar-refractivity contribution in [3.8, 4) is 0 Å². The van der Waals surface area contributed by atoms with Crippen molar-refractivity contribution in [1.82, 2.24) is 10.0 Å². The maximum Gasteiger partial charge on any atom is 0.130 e. The summed E-state index contributed by atoms with van der Waals surface area (Å²) in [6, 6.07) is 6.48. The first-order chi connectivity index (χ1) is 8.95. The second-order valence-corrected chi connectivity index (χ2v) is 5.82. The average Bonchev–Trinajstić information content (AvgIpc) is 2.76. The smallest absolute Gasteiger partial charge is 0.130 e. The number of thiocarbonyl (C=S) groups is 1. The molecule has 0 saturated carbocycles. The molecule has 0 bridgehead atoms. The zero-order valence-electron chi connectivity index (χ0n) is 11.8. The Labute approximate surface area is 119 Å². The van der Waals surface area contributed by atoms with Crippen LogP contribution in [0, 0.1) is 0 Å². The molecule has 0 fully saturated rings. The highest BCUT2D eigenvalue weighted by Crippen LogP contribution is 2.30. The van der Waals surface area contributed by atoms with Crippen LogP contribution in [0.15, 0.2) is 24.4 Å². The molecule has 1 aromatic heterocycles. The summed E-state index contributed by atoms with van der Waals surface area (Å²) in [5, 5.41) is 10.1. The van der Waals surface area contributed by atoms with E-state index in [1.165, 1.54) is 16.5 Å². The first kappa shape index (κ1) is 14.0. The summed E-state index contributed by atoms with van der Waals surface area (Å²) in [6.45, 7) is 8.73. The number of hydroxylamine groups is 1. The van der Waals surface area contributed by atoms with E-state index in [4.69, 9.17) is 17.4 Å². The van der Waals surface area contributed by atoms with Gasteiger partial charge >= 0.3 is 0 Å². The summed E-state index contributed by atoms with van der Waals surface area (Å²) in [4.78, 5) is 0.355. The third-order valence-corrected chi connectivity index (χ3v) is 3.73. The molecule has 19 heavy (non-hydrogen) atoms. The third-order valence-electron chi connectivity index (χ3n) is 3.41. The molecule has 2 aromatic rings. The van der Waals surface area contributed by atoms with E-state index in [-0.39, 0.29) is 0 Å². The Kier molecular flexibility index (Phi) is 3.92. The number of nitrogens with one attached hydrogen (secondary N) is 1. The molecule has 0 atom stereocenters. The van der Waals surface area contributed by atoms with Crippen LogP contribution >= 0.6 is 12.2 Å². The fraction of sp³-hybridized carbons (Fsp3) is 0.400. The lowest BCUT2D eigenvalue weighted by Crippen LogP contribution is -2.17. The zero-order valence-corrected chi connectivity index (χ0v) is 12.6. The second kappa shape index (κ2) is 5.31. The van der Waals surface area contributed by atoms with E-state index in [1.807, 2.05) is 11.5 Å². The molecule has 4 heteroatoms. The van der Waals surface area contributed by atoms with Gasteiger partial charge in [-0.15, -0.1) is 0 Å². The van der Waals surface area contributed by atoms with Gasteiger partial charge in [0, 0.05) is 28.7 Å². The molecule has 2 rings (SSSR count). The number of hydrogen-bond donors (Lipinski definition) is 2. The maximum atomic E-state index is 8.94. The van der Waals surface area contributed by atoms with Crippen molar-refractivity contribution >= 4 is 28.1 Å². The number of hydrogen-bond acceptors (Lipinski definition) is 2. The lowest BCUT2D eigenvalue weighted by atomic mass is 10.0. The molecule has 0 saturated heterocycles. The minimum Gasteiger partial charge on any atom is -0.345 e. The Balaban J connectivity index is 2.69. The minimum absolute atomic E-state index is 0.355. The molecule has 3 nitrogen and oxygen atoms in total. The standard InChI is InChI=1S/C15H20N2OS/c1-9(2)13-8-17(10(3)4)14-6-5-11(7-12(13)14)15(19)16-18/h5-10,18H,1-4H3,(H,16,19). The average molecular weight is 276 g/mol. The Morgan fingerprint density at radius 3 is 2.47 bits per heavy atom. The highest BCUT2D eigenvalue weighted by atomic mass is 32.1. The van der Waals surface area contributed by atoms with Gasteiger partial charge in [0.05, 0.1) is 0 Å². The largest absolute Gasteiger partial charge is 0.345 e. The molecule has 0 amide bonds. The first-order valence-corrected chi connectivity index (χ1v) is 6.95. The predicted molar refractivity (Wildman–Crippen MR) is 83.0 cm³/mol. The van der Waals surface area contributed by atoms with Gasteiger partial charge in [-0.3, -0.25) is 10.7 Å². The fourth-order valence-corrected chi connectivity index (χ4v) is 2.50. The van der Waals surface area contributed by atoms with Crippen LogP contribution in [-0.2, 0) is 0 Å². The van der Waals surface area contributed by atoms with Gasteiger partial charge in [-0.05, 0) is 43.5 Å². The molecule has 2 N–H and O–H groups in total. The van der Waals surface area contributed by atoms with Gasteiger partial charge in [-0.25, -0.2) is 0 Å². The number of fused-ring (bicyclic) bond motifs is 1. The van der Waals surface area contributed by atoms with Crippen molar-refractivity contribution in [2.24, 2.45) is 0 Å². The lowest BCUT2D eigenvalue weighted by molar-refractivity contribution is 0.238. The van der Waals surface area contributed by atoms with Crippen molar-refractivity contribution in [2.45, 2.75) is 39.7 Å². The summed E-state index contributed by atoms with van der Waals surface area (Å²) in [6.07, 6.45) is 2.22. The van der Waals surface area contributed by atoms with Crippen molar-refractivity contribution in [2.75, 3.05) is 0 Å². The first-order valence-electron chi connectivity index (χ1n) is 6.54. The Bertz CT molecular complexity index is 614. The summed E-state index contributed by atoms with van der Waals surface area (Å²) < 4.78 is 2.28.